The highest BCUT2D eigenvalue weighted by molar-refractivity contribution is 7.15. The van der Waals surface area contributed by atoms with Gasteiger partial charge in [-0.05, 0) is 43.7 Å². The fraction of sp³-hybridized carbons (Fsp3) is 0.263. The molecule has 0 aliphatic carbocycles. The molecule has 0 radical (unpaired) electrons. The van der Waals surface area contributed by atoms with Gasteiger partial charge in [-0.2, -0.15) is 0 Å². The van der Waals surface area contributed by atoms with Crippen LogP contribution < -0.4 is 5.32 Å². The Morgan fingerprint density at radius 3 is 2.88 bits per heavy atom. The summed E-state index contributed by atoms with van der Waals surface area (Å²) in [5.41, 5.74) is 1.59. The highest BCUT2D eigenvalue weighted by Crippen LogP contribution is 2.33. The van der Waals surface area contributed by atoms with Crippen molar-refractivity contribution < 1.29 is 4.39 Å². The fourth-order valence-corrected chi connectivity index (χ4v) is 4.09. The average Bonchev–Trinajstić information content (AvgIpc) is 3.28. The van der Waals surface area contributed by atoms with E-state index in [1.807, 2.05) is 30.6 Å². The standard InChI is InChI=1S/C19H19FN4S/c20-15-6-1-2-7-16(15)23-19-22-12-14(25-19)13-24-11-5-9-18(24)17-8-3-4-10-21-17/h1-4,6-8,10,12,18H,5,9,11,13H2,(H,22,23). The second kappa shape index (κ2) is 7.29. The number of rotatable bonds is 5. The molecule has 0 bridgehead atoms. The Bertz CT molecular complexity index is 836. The van der Waals surface area contributed by atoms with Crippen molar-refractivity contribution in [3.8, 4) is 0 Å². The van der Waals surface area contributed by atoms with E-state index in [0.717, 1.165) is 25.2 Å². The number of pyridine rings is 1. The van der Waals surface area contributed by atoms with Crippen LogP contribution >= 0.6 is 11.3 Å². The van der Waals surface area contributed by atoms with Gasteiger partial charge in [0.2, 0.25) is 0 Å². The topological polar surface area (TPSA) is 41.1 Å². The van der Waals surface area contributed by atoms with Crippen molar-refractivity contribution in [3.05, 3.63) is 71.2 Å². The van der Waals surface area contributed by atoms with Crippen LogP contribution in [-0.4, -0.2) is 21.4 Å². The van der Waals surface area contributed by atoms with E-state index in [2.05, 4.69) is 26.3 Å². The van der Waals surface area contributed by atoms with Crippen molar-refractivity contribution in [3.63, 3.8) is 0 Å². The van der Waals surface area contributed by atoms with Gasteiger partial charge in [0.1, 0.15) is 5.82 Å². The summed E-state index contributed by atoms with van der Waals surface area (Å²) in [5, 5.41) is 3.78. The summed E-state index contributed by atoms with van der Waals surface area (Å²) in [5.74, 6) is -0.269. The molecule has 6 heteroatoms. The number of hydrogen-bond donors (Lipinski definition) is 1. The van der Waals surface area contributed by atoms with Gasteiger partial charge in [0.05, 0.1) is 17.4 Å². The van der Waals surface area contributed by atoms with Gasteiger partial charge in [0, 0.05) is 23.8 Å². The molecule has 2 aromatic heterocycles. The van der Waals surface area contributed by atoms with Gasteiger partial charge >= 0.3 is 0 Å². The van der Waals surface area contributed by atoms with E-state index >= 15 is 0 Å². The molecule has 1 N–H and O–H groups in total. The number of likely N-dealkylation sites (tertiary alicyclic amines) is 1. The molecule has 1 aliphatic rings. The van der Waals surface area contributed by atoms with E-state index in [-0.39, 0.29) is 5.82 Å². The third kappa shape index (κ3) is 3.70. The van der Waals surface area contributed by atoms with Crippen LogP contribution in [0.3, 0.4) is 0 Å². The first kappa shape index (κ1) is 16.2. The lowest BCUT2D eigenvalue weighted by molar-refractivity contribution is 0.246. The quantitative estimate of drug-likeness (QED) is 0.717. The Hall–Kier alpha value is -2.31. The van der Waals surface area contributed by atoms with E-state index in [0.29, 0.717) is 16.9 Å². The maximum atomic E-state index is 13.7. The Morgan fingerprint density at radius 1 is 1.16 bits per heavy atom. The fourth-order valence-electron chi connectivity index (χ4n) is 3.24. The van der Waals surface area contributed by atoms with Gasteiger partial charge in [-0.1, -0.05) is 18.2 Å². The number of aromatic nitrogens is 2. The molecule has 3 heterocycles. The van der Waals surface area contributed by atoms with Crippen LogP contribution in [0.2, 0.25) is 0 Å². The number of nitrogens with one attached hydrogen (secondary N) is 1. The maximum Gasteiger partial charge on any atom is 0.187 e. The Balaban J connectivity index is 1.45. The number of benzene rings is 1. The molecule has 25 heavy (non-hydrogen) atoms. The average molecular weight is 354 g/mol. The Kier molecular flexibility index (Phi) is 4.72. The molecule has 0 amide bonds. The van der Waals surface area contributed by atoms with Crippen molar-refractivity contribution in [1.82, 2.24) is 14.9 Å². The first-order valence-corrected chi connectivity index (χ1v) is 9.22. The molecule has 1 saturated heterocycles. The van der Waals surface area contributed by atoms with Crippen LogP contribution in [0.15, 0.2) is 54.9 Å². The van der Waals surface area contributed by atoms with Gasteiger partial charge in [-0.3, -0.25) is 9.88 Å². The SMILES string of the molecule is Fc1ccccc1Nc1ncc(CN2CCCC2c2ccccn2)s1. The third-order valence-corrected chi connectivity index (χ3v) is 5.32. The first-order valence-electron chi connectivity index (χ1n) is 8.41. The largest absolute Gasteiger partial charge is 0.329 e. The van der Waals surface area contributed by atoms with Gasteiger partial charge < -0.3 is 5.32 Å². The first-order chi connectivity index (χ1) is 12.3. The summed E-state index contributed by atoms with van der Waals surface area (Å²) in [7, 11) is 0. The molecule has 4 rings (SSSR count). The number of nitrogens with zero attached hydrogens (tertiary/aromatic N) is 3. The van der Waals surface area contributed by atoms with E-state index in [4.69, 9.17) is 0 Å². The molecule has 1 aromatic carbocycles. The monoisotopic (exact) mass is 354 g/mol. The summed E-state index contributed by atoms with van der Waals surface area (Å²) in [6.07, 6.45) is 6.05. The molecule has 128 valence electrons. The van der Waals surface area contributed by atoms with Crippen molar-refractivity contribution in [2.45, 2.75) is 25.4 Å². The normalized spacial score (nSPS) is 17.7. The Morgan fingerprint density at radius 2 is 2.04 bits per heavy atom. The highest BCUT2D eigenvalue weighted by atomic mass is 32.1. The van der Waals surface area contributed by atoms with Gasteiger partial charge in [0.25, 0.3) is 0 Å². The van der Waals surface area contributed by atoms with Gasteiger partial charge in [-0.25, -0.2) is 9.37 Å². The van der Waals surface area contributed by atoms with Crippen molar-refractivity contribution in [2.75, 3.05) is 11.9 Å². The van der Waals surface area contributed by atoms with Crippen LogP contribution in [0.5, 0.6) is 0 Å². The number of hydrogen-bond acceptors (Lipinski definition) is 5. The molecule has 1 fully saturated rings. The minimum absolute atomic E-state index is 0.269. The highest BCUT2D eigenvalue weighted by Gasteiger charge is 2.27. The van der Waals surface area contributed by atoms with Crippen LogP contribution in [0.25, 0.3) is 0 Å². The predicted octanol–water partition coefficient (Wildman–Crippen LogP) is 4.76. The van der Waals surface area contributed by atoms with Crippen molar-refractivity contribution >= 4 is 22.2 Å². The van der Waals surface area contributed by atoms with Crippen molar-refractivity contribution in [2.24, 2.45) is 0 Å². The molecule has 0 saturated carbocycles. The molecular formula is C19H19FN4S. The number of halogens is 1. The lowest BCUT2D eigenvalue weighted by Gasteiger charge is -2.23. The second-order valence-corrected chi connectivity index (χ2v) is 7.23. The number of para-hydroxylation sites is 1. The minimum atomic E-state index is -0.269. The van der Waals surface area contributed by atoms with Crippen molar-refractivity contribution in [1.29, 1.82) is 0 Å². The third-order valence-electron chi connectivity index (χ3n) is 4.42. The lowest BCUT2D eigenvalue weighted by atomic mass is 10.1. The van der Waals surface area contributed by atoms with Crippen LogP contribution in [0.4, 0.5) is 15.2 Å². The second-order valence-electron chi connectivity index (χ2n) is 6.12. The summed E-state index contributed by atoms with van der Waals surface area (Å²) < 4.78 is 13.7. The zero-order valence-corrected chi connectivity index (χ0v) is 14.5. The molecule has 1 atom stereocenters. The number of thiazole rings is 1. The van der Waals surface area contributed by atoms with Gasteiger partial charge in [0.15, 0.2) is 5.13 Å². The molecule has 4 nitrogen and oxygen atoms in total. The molecular weight excluding hydrogens is 335 g/mol. The summed E-state index contributed by atoms with van der Waals surface area (Å²) in [6.45, 7) is 1.91. The smallest absolute Gasteiger partial charge is 0.187 e. The summed E-state index contributed by atoms with van der Waals surface area (Å²) in [4.78, 5) is 12.5. The minimum Gasteiger partial charge on any atom is -0.329 e. The zero-order valence-electron chi connectivity index (χ0n) is 13.7. The van der Waals surface area contributed by atoms with E-state index < -0.39 is 0 Å². The summed E-state index contributed by atoms with van der Waals surface area (Å²) >= 11 is 1.57. The maximum absolute atomic E-state index is 13.7. The summed E-state index contributed by atoms with van der Waals surface area (Å²) in [6, 6.07) is 13.1. The van der Waals surface area contributed by atoms with Gasteiger partial charge in [-0.15, -0.1) is 11.3 Å². The number of anilines is 2. The van der Waals surface area contributed by atoms with E-state index in [1.165, 1.54) is 17.4 Å². The van der Waals surface area contributed by atoms with E-state index in [9.17, 15) is 4.39 Å². The Labute approximate surface area is 150 Å². The van der Waals surface area contributed by atoms with Crippen LogP contribution in [-0.2, 0) is 6.54 Å². The molecule has 1 aliphatic heterocycles. The predicted molar refractivity (Wildman–Crippen MR) is 98.4 cm³/mol. The van der Waals surface area contributed by atoms with Crippen LogP contribution in [0.1, 0.15) is 29.5 Å². The zero-order chi connectivity index (χ0) is 17.1. The lowest BCUT2D eigenvalue weighted by Crippen LogP contribution is -2.22. The molecule has 0 spiro atoms. The van der Waals surface area contributed by atoms with Crippen LogP contribution in [0, 0.1) is 5.82 Å². The van der Waals surface area contributed by atoms with E-state index in [1.54, 1.807) is 23.5 Å². The molecule has 3 aromatic rings. The molecule has 1 unspecified atom stereocenters.